The largest absolute Gasteiger partial charge is 0.261 e. The zero-order valence-electron chi connectivity index (χ0n) is 13.2. The van der Waals surface area contributed by atoms with Crippen LogP contribution in [-0.4, -0.2) is 26.2 Å². The van der Waals surface area contributed by atoms with Crippen LogP contribution in [0.15, 0.2) is 34.0 Å². The standard InChI is InChI=1S/C17H16N6O/c1-2-3-6-13-11(8-18)15(12-9-19-21-17(12)20-13)10-5-4-7-14-16(10)23-24-22-14/h4-5,7,9,11,15H,2-3,6H2,1H3,(H,19,21). The predicted molar refractivity (Wildman–Crippen MR) is 88.0 cm³/mol. The maximum absolute atomic E-state index is 9.86. The average Bonchev–Trinajstić information content (AvgIpc) is 3.26. The third-order valence-electron chi connectivity index (χ3n) is 4.51. The Morgan fingerprint density at radius 1 is 1.29 bits per heavy atom. The highest BCUT2D eigenvalue weighted by Crippen LogP contribution is 2.43. The van der Waals surface area contributed by atoms with Crippen LogP contribution in [0.5, 0.6) is 0 Å². The molecule has 120 valence electrons. The average molecular weight is 320 g/mol. The Labute approximate surface area is 138 Å². The van der Waals surface area contributed by atoms with Gasteiger partial charge in [-0.05, 0) is 34.8 Å². The van der Waals surface area contributed by atoms with Gasteiger partial charge in [0.1, 0.15) is 11.0 Å². The molecule has 1 aromatic carbocycles. The third-order valence-corrected chi connectivity index (χ3v) is 4.51. The van der Waals surface area contributed by atoms with Crippen molar-refractivity contribution in [1.82, 2.24) is 20.5 Å². The smallest absolute Gasteiger partial charge is 0.151 e. The summed E-state index contributed by atoms with van der Waals surface area (Å²) in [6, 6.07) is 8.18. The molecule has 7 heteroatoms. The minimum atomic E-state index is -0.344. The molecule has 3 aromatic rings. The molecule has 0 fully saturated rings. The van der Waals surface area contributed by atoms with Gasteiger partial charge in [-0.2, -0.15) is 10.4 Å². The van der Waals surface area contributed by atoms with Gasteiger partial charge < -0.3 is 0 Å². The number of fused-ring (bicyclic) bond motifs is 2. The van der Waals surface area contributed by atoms with E-state index in [1.165, 1.54) is 0 Å². The molecule has 0 amide bonds. The first-order valence-electron chi connectivity index (χ1n) is 8.05. The molecule has 0 spiro atoms. The number of nitriles is 1. The van der Waals surface area contributed by atoms with Gasteiger partial charge in [0, 0.05) is 17.2 Å². The molecule has 2 unspecified atom stereocenters. The Morgan fingerprint density at radius 2 is 2.21 bits per heavy atom. The summed E-state index contributed by atoms with van der Waals surface area (Å²) >= 11 is 0. The zero-order valence-corrected chi connectivity index (χ0v) is 13.2. The molecule has 4 rings (SSSR count). The lowest BCUT2D eigenvalue weighted by Gasteiger charge is -2.27. The number of aliphatic imine (C=N–C) groups is 1. The predicted octanol–water partition coefficient (Wildman–Crippen LogP) is 3.49. The van der Waals surface area contributed by atoms with Crippen LogP contribution in [0.25, 0.3) is 11.0 Å². The summed E-state index contributed by atoms with van der Waals surface area (Å²) in [5, 5.41) is 24.9. The second kappa shape index (κ2) is 5.89. The van der Waals surface area contributed by atoms with Crippen molar-refractivity contribution in [2.24, 2.45) is 10.9 Å². The third kappa shape index (κ3) is 2.19. The molecule has 0 aliphatic carbocycles. The van der Waals surface area contributed by atoms with E-state index in [0.717, 1.165) is 41.9 Å². The summed E-state index contributed by atoms with van der Waals surface area (Å²) in [6.07, 6.45) is 4.61. The van der Waals surface area contributed by atoms with Crippen molar-refractivity contribution in [2.45, 2.75) is 32.1 Å². The molecular weight excluding hydrogens is 304 g/mol. The monoisotopic (exact) mass is 320 g/mol. The van der Waals surface area contributed by atoms with Crippen molar-refractivity contribution in [3.05, 3.63) is 35.5 Å². The van der Waals surface area contributed by atoms with Crippen LogP contribution in [0.1, 0.15) is 43.2 Å². The van der Waals surface area contributed by atoms with Crippen LogP contribution in [-0.2, 0) is 0 Å². The number of H-pyrrole nitrogens is 1. The Hall–Kier alpha value is -3.01. The lowest BCUT2D eigenvalue weighted by Crippen LogP contribution is -2.25. The van der Waals surface area contributed by atoms with Gasteiger partial charge in [0.15, 0.2) is 5.82 Å². The maximum Gasteiger partial charge on any atom is 0.151 e. The van der Waals surface area contributed by atoms with Gasteiger partial charge in [-0.15, -0.1) is 0 Å². The number of aromatic nitrogens is 4. The van der Waals surface area contributed by atoms with Crippen molar-refractivity contribution < 1.29 is 4.63 Å². The van der Waals surface area contributed by atoms with E-state index in [1.54, 1.807) is 6.20 Å². The summed E-state index contributed by atoms with van der Waals surface area (Å²) in [5.74, 6) is 0.207. The molecule has 0 radical (unpaired) electrons. The second-order valence-corrected chi connectivity index (χ2v) is 5.94. The van der Waals surface area contributed by atoms with Crippen molar-refractivity contribution in [1.29, 1.82) is 5.26 Å². The van der Waals surface area contributed by atoms with Crippen molar-refractivity contribution >= 4 is 22.6 Å². The van der Waals surface area contributed by atoms with Crippen LogP contribution in [0.4, 0.5) is 5.82 Å². The molecule has 0 bridgehead atoms. The first-order chi connectivity index (χ1) is 11.8. The summed E-state index contributed by atoms with van der Waals surface area (Å²) in [7, 11) is 0. The van der Waals surface area contributed by atoms with E-state index in [9.17, 15) is 5.26 Å². The van der Waals surface area contributed by atoms with Crippen LogP contribution in [0.2, 0.25) is 0 Å². The van der Waals surface area contributed by atoms with E-state index in [2.05, 4.69) is 38.5 Å². The molecule has 0 saturated heterocycles. The Balaban J connectivity index is 1.89. The van der Waals surface area contributed by atoms with Crippen LogP contribution in [0.3, 0.4) is 0 Å². The topological polar surface area (TPSA) is 104 Å². The van der Waals surface area contributed by atoms with Crippen LogP contribution in [0, 0.1) is 17.2 Å². The fourth-order valence-corrected chi connectivity index (χ4v) is 3.33. The van der Waals surface area contributed by atoms with Gasteiger partial charge in [-0.3, -0.25) is 5.10 Å². The second-order valence-electron chi connectivity index (χ2n) is 5.94. The maximum atomic E-state index is 9.86. The van der Waals surface area contributed by atoms with Gasteiger partial charge in [-0.25, -0.2) is 9.62 Å². The fraction of sp³-hybridized carbons (Fsp3) is 0.353. The summed E-state index contributed by atoms with van der Waals surface area (Å²) in [5.41, 5.74) is 4.11. The number of unbranched alkanes of at least 4 members (excludes halogenated alkanes) is 1. The van der Waals surface area contributed by atoms with Crippen LogP contribution >= 0.6 is 0 Å². The number of nitrogens with one attached hydrogen (secondary N) is 1. The summed E-state index contributed by atoms with van der Waals surface area (Å²) in [6.45, 7) is 2.13. The molecule has 2 atom stereocenters. The van der Waals surface area contributed by atoms with Crippen molar-refractivity contribution in [2.75, 3.05) is 0 Å². The van der Waals surface area contributed by atoms with E-state index in [0.29, 0.717) is 11.0 Å². The van der Waals surface area contributed by atoms with Gasteiger partial charge >= 0.3 is 0 Å². The normalized spacial score (nSPS) is 19.8. The van der Waals surface area contributed by atoms with E-state index < -0.39 is 0 Å². The summed E-state index contributed by atoms with van der Waals surface area (Å²) < 4.78 is 4.89. The van der Waals surface area contributed by atoms with E-state index in [1.807, 2.05) is 18.2 Å². The quantitative estimate of drug-likeness (QED) is 0.792. The highest BCUT2D eigenvalue weighted by atomic mass is 16.6. The number of aromatic amines is 1. The lowest BCUT2D eigenvalue weighted by atomic mass is 9.76. The highest BCUT2D eigenvalue weighted by molar-refractivity contribution is 5.95. The highest BCUT2D eigenvalue weighted by Gasteiger charge is 2.36. The van der Waals surface area contributed by atoms with Gasteiger partial charge in [0.25, 0.3) is 0 Å². The Kier molecular flexibility index (Phi) is 3.58. The van der Waals surface area contributed by atoms with Crippen molar-refractivity contribution in [3.63, 3.8) is 0 Å². The Bertz CT molecular complexity index is 947. The summed E-state index contributed by atoms with van der Waals surface area (Å²) in [4.78, 5) is 4.66. The molecule has 1 aliphatic rings. The Morgan fingerprint density at radius 3 is 3.04 bits per heavy atom. The van der Waals surface area contributed by atoms with Crippen molar-refractivity contribution in [3.8, 4) is 6.07 Å². The molecule has 0 saturated carbocycles. The SMILES string of the molecule is CCCCC1=Nc2[nH]ncc2C(c2cccc3nonc23)C1C#N. The zero-order chi connectivity index (χ0) is 16.5. The van der Waals surface area contributed by atoms with E-state index >= 15 is 0 Å². The number of benzene rings is 1. The molecule has 3 heterocycles. The molecule has 24 heavy (non-hydrogen) atoms. The first kappa shape index (κ1) is 14.6. The minimum absolute atomic E-state index is 0.177. The van der Waals surface area contributed by atoms with Gasteiger partial charge in [0.05, 0.1) is 18.2 Å². The van der Waals surface area contributed by atoms with E-state index in [-0.39, 0.29) is 11.8 Å². The number of hydrogen-bond donors (Lipinski definition) is 1. The number of nitrogens with zero attached hydrogens (tertiary/aromatic N) is 5. The molecule has 1 N–H and O–H groups in total. The fourth-order valence-electron chi connectivity index (χ4n) is 3.33. The van der Waals surface area contributed by atoms with Gasteiger partial charge in [0.2, 0.25) is 0 Å². The van der Waals surface area contributed by atoms with E-state index in [4.69, 9.17) is 4.63 Å². The van der Waals surface area contributed by atoms with Crippen LogP contribution < -0.4 is 0 Å². The first-order valence-corrected chi connectivity index (χ1v) is 8.05. The molecule has 1 aliphatic heterocycles. The lowest BCUT2D eigenvalue weighted by molar-refractivity contribution is 0.315. The van der Waals surface area contributed by atoms with Gasteiger partial charge in [-0.1, -0.05) is 25.5 Å². The number of rotatable bonds is 4. The number of hydrogen-bond acceptors (Lipinski definition) is 6. The minimum Gasteiger partial charge on any atom is -0.261 e. The molecule has 2 aromatic heterocycles. The molecular formula is C17H16N6O. The molecule has 7 nitrogen and oxygen atoms in total.